The predicted molar refractivity (Wildman–Crippen MR) is 106 cm³/mol. The van der Waals surface area contributed by atoms with Crippen molar-refractivity contribution in [2.75, 3.05) is 6.54 Å². The predicted octanol–water partition coefficient (Wildman–Crippen LogP) is 4.15. The number of hydrogen-bond acceptors (Lipinski definition) is 4. The van der Waals surface area contributed by atoms with Crippen LogP contribution in [0, 0.1) is 0 Å². The second kappa shape index (κ2) is 6.76. The number of rotatable bonds is 3. The molecule has 0 radical (unpaired) electrons. The molecule has 0 amide bonds. The van der Waals surface area contributed by atoms with Crippen LogP contribution in [0.25, 0.3) is 10.9 Å². The van der Waals surface area contributed by atoms with Gasteiger partial charge in [0.15, 0.2) is 0 Å². The topological polar surface area (TPSA) is 57.7 Å². The maximum atomic E-state index is 6.35. The fraction of sp³-hybridized carbons (Fsp3) is 0.190. The van der Waals surface area contributed by atoms with Crippen LogP contribution in [0.2, 0.25) is 5.02 Å². The number of hydrogen-bond donors (Lipinski definition) is 1. The first kappa shape index (κ1) is 16.4. The van der Waals surface area contributed by atoms with Crippen molar-refractivity contribution in [1.29, 1.82) is 0 Å². The Morgan fingerprint density at radius 2 is 2.00 bits per heavy atom. The summed E-state index contributed by atoms with van der Waals surface area (Å²) in [5.41, 5.74) is 5.36. The molecule has 0 spiro atoms. The van der Waals surface area contributed by atoms with Crippen molar-refractivity contribution in [1.82, 2.24) is 24.8 Å². The van der Waals surface area contributed by atoms with Gasteiger partial charge in [-0.3, -0.25) is 9.88 Å². The molecule has 0 aliphatic carbocycles. The van der Waals surface area contributed by atoms with E-state index in [0.717, 1.165) is 41.8 Å². The highest BCUT2D eigenvalue weighted by Gasteiger charge is 2.31. The minimum Gasteiger partial charge on any atom is -0.348 e. The SMILES string of the molecule is Clc1cccc2ccc(CN3CCc4[nH]cnc4[C@@H]3c3ccncc3)nc12. The number of aromatic nitrogens is 4. The van der Waals surface area contributed by atoms with Crippen LogP contribution in [0.4, 0.5) is 0 Å². The summed E-state index contributed by atoms with van der Waals surface area (Å²) in [5, 5.41) is 1.75. The zero-order valence-electron chi connectivity index (χ0n) is 14.6. The largest absolute Gasteiger partial charge is 0.348 e. The van der Waals surface area contributed by atoms with E-state index in [1.165, 1.54) is 11.3 Å². The lowest BCUT2D eigenvalue weighted by Crippen LogP contribution is -2.36. The molecule has 4 heterocycles. The molecule has 0 saturated carbocycles. The second-order valence-corrected chi connectivity index (χ2v) is 7.19. The van der Waals surface area contributed by atoms with E-state index < -0.39 is 0 Å². The van der Waals surface area contributed by atoms with Gasteiger partial charge in [-0.2, -0.15) is 0 Å². The number of imidazole rings is 1. The second-order valence-electron chi connectivity index (χ2n) is 6.78. The summed E-state index contributed by atoms with van der Waals surface area (Å²) in [6, 6.07) is 14.3. The first-order chi connectivity index (χ1) is 13.3. The third kappa shape index (κ3) is 2.99. The van der Waals surface area contributed by atoms with Crippen LogP contribution in [-0.2, 0) is 13.0 Å². The van der Waals surface area contributed by atoms with Crippen LogP contribution in [-0.4, -0.2) is 31.4 Å². The van der Waals surface area contributed by atoms with Crippen molar-refractivity contribution < 1.29 is 0 Å². The number of nitrogens with one attached hydrogen (secondary N) is 1. The van der Waals surface area contributed by atoms with Crippen LogP contribution in [0.15, 0.2) is 61.2 Å². The van der Waals surface area contributed by atoms with Gasteiger partial charge in [-0.25, -0.2) is 9.97 Å². The van der Waals surface area contributed by atoms with Crippen molar-refractivity contribution in [2.45, 2.75) is 19.0 Å². The maximum absolute atomic E-state index is 6.35. The van der Waals surface area contributed by atoms with Gasteiger partial charge in [0, 0.05) is 43.0 Å². The Kier molecular flexibility index (Phi) is 4.11. The van der Waals surface area contributed by atoms with Crippen molar-refractivity contribution in [2.24, 2.45) is 0 Å². The third-order valence-corrected chi connectivity index (χ3v) is 5.45. The first-order valence-corrected chi connectivity index (χ1v) is 9.37. The van der Waals surface area contributed by atoms with Gasteiger partial charge < -0.3 is 4.98 Å². The summed E-state index contributed by atoms with van der Waals surface area (Å²) in [5.74, 6) is 0. The van der Waals surface area contributed by atoms with E-state index in [9.17, 15) is 0 Å². The Morgan fingerprint density at radius 1 is 1.11 bits per heavy atom. The van der Waals surface area contributed by atoms with Crippen LogP contribution in [0.5, 0.6) is 0 Å². The first-order valence-electron chi connectivity index (χ1n) is 9.00. The Bertz CT molecular complexity index is 1090. The number of pyridine rings is 2. The molecule has 1 aliphatic rings. The highest BCUT2D eigenvalue weighted by atomic mass is 35.5. The molecule has 1 N–H and O–H groups in total. The van der Waals surface area contributed by atoms with Gasteiger partial charge in [0.2, 0.25) is 0 Å². The van der Waals surface area contributed by atoms with E-state index >= 15 is 0 Å². The molecule has 0 fully saturated rings. The number of para-hydroxylation sites is 1. The Hall–Kier alpha value is -2.76. The van der Waals surface area contributed by atoms with Gasteiger partial charge in [-0.05, 0) is 29.8 Å². The number of benzene rings is 1. The van der Waals surface area contributed by atoms with Crippen molar-refractivity contribution in [3.05, 3.63) is 88.9 Å². The molecule has 134 valence electrons. The molecule has 0 bridgehead atoms. The third-order valence-electron chi connectivity index (χ3n) is 5.14. The van der Waals surface area contributed by atoms with E-state index in [1.807, 2.05) is 30.6 Å². The molecule has 6 heteroatoms. The van der Waals surface area contributed by atoms with Crippen LogP contribution >= 0.6 is 11.6 Å². The summed E-state index contributed by atoms with van der Waals surface area (Å²) in [6.45, 7) is 1.67. The van der Waals surface area contributed by atoms with Crippen molar-refractivity contribution in [3.63, 3.8) is 0 Å². The average molecular weight is 376 g/mol. The normalized spacial score (nSPS) is 17.1. The zero-order valence-corrected chi connectivity index (χ0v) is 15.4. The van der Waals surface area contributed by atoms with E-state index in [4.69, 9.17) is 16.6 Å². The Labute approximate surface area is 162 Å². The maximum Gasteiger partial charge on any atom is 0.0926 e. The summed E-state index contributed by atoms with van der Waals surface area (Å²) < 4.78 is 0. The minimum absolute atomic E-state index is 0.0896. The fourth-order valence-electron chi connectivity index (χ4n) is 3.86. The lowest BCUT2D eigenvalue weighted by Gasteiger charge is -2.35. The highest BCUT2D eigenvalue weighted by molar-refractivity contribution is 6.35. The van der Waals surface area contributed by atoms with Crippen LogP contribution in [0.1, 0.15) is 28.7 Å². The fourth-order valence-corrected chi connectivity index (χ4v) is 4.08. The van der Waals surface area contributed by atoms with E-state index in [2.05, 4.69) is 44.1 Å². The zero-order chi connectivity index (χ0) is 18.2. The molecule has 1 atom stereocenters. The number of H-pyrrole nitrogens is 1. The summed E-state index contributed by atoms with van der Waals surface area (Å²) in [6.07, 6.45) is 6.41. The summed E-state index contributed by atoms with van der Waals surface area (Å²) >= 11 is 6.35. The van der Waals surface area contributed by atoms with Gasteiger partial charge in [0.1, 0.15) is 0 Å². The number of aromatic amines is 1. The van der Waals surface area contributed by atoms with Gasteiger partial charge in [0.25, 0.3) is 0 Å². The van der Waals surface area contributed by atoms with Crippen LogP contribution < -0.4 is 0 Å². The van der Waals surface area contributed by atoms with Crippen molar-refractivity contribution in [3.8, 4) is 0 Å². The van der Waals surface area contributed by atoms with Gasteiger partial charge >= 0.3 is 0 Å². The molecule has 1 aliphatic heterocycles. The number of halogens is 1. The van der Waals surface area contributed by atoms with E-state index in [-0.39, 0.29) is 6.04 Å². The standard InChI is InChI=1S/C21H18ClN5/c22-17-3-1-2-14-4-5-16(26-19(14)17)12-27-11-8-18-20(25-13-24-18)21(27)15-6-9-23-10-7-15/h1-7,9-10,13,21H,8,11-12H2,(H,24,25)/t21-/m0/s1. The lowest BCUT2D eigenvalue weighted by atomic mass is 9.96. The van der Waals surface area contributed by atoms with Crippen LogP contribution in [0.3, 0.4) is 0 Å². The van der Waals surface area contributed by atoms with Gasteiger partial charge in [0.05, 0.1) is 34.3 Å². The molecule has 27 heavy (non-hydrogen) atoms. The summed E-state index contributed by atoms with van der Waals surface area (Å²) in [4.78, 5) is 19.3. The quantitative estimate of drug-likeness (QED) is 0.584. The van der Waals surface area contributed by atoms with E-state index in [1.54, 1.807) is 6.33 Å². The summed E-state index contributed by atoms with van der Waals surface area (Å²) in [7, 11) is 0. The Morgan fingerprint density at radius 3 is 2.89 bits per heavy atom. The molecule has 0 saturated heterocycles. The molecule has 0 unspecified atom stereocenters. The molecule has 4 aromatic rings. The number of nitrogens with zero attached hydrogens (tertiary/aromatic N) is 4. The smallest absolute Gasteiger partial charge is 0.0926 e. The van der Waals surface area contributed by atoms with Gasteiger partial charge in [-0.15, -0.1) is 0 Å². The highest BCUT2D eigenvalue weighted by Crippen LogP contribution is 2.34. The van der Waals surface area contributed by atoms with E-state index in [0.29, 0.717) is 5.02 Å². The molecule has 3 aromatic heterocycles. The number of fused-ring (bicyclic) bond motifs is 2. The monoisotopic (exact) mass is 375 g/mol. The van der Waals surface area contributed by atoms with Gasteiger partial charge in [-0.1, -0.05) is 29.8 Å². The van der Waals surface area contributed by atoms with Crippen molar-refractivity contribution >= 4 is 22.5 Å². The lowest BCUT2D eigenvalue weighted by molar-refractivity contribution is 0.198. The minimum atomic E-state index is 0.0896. The molecule has 1 aromatic carbocycles. The molecule has 5 rings (SSSR count). The average Bonchev–Trinajstić information content (AvgIpc) is 3.18. The Balaban J connectivity index is 1.53. The molecular formula is C21H18ClN5. The molecule has 5 nitrogen and oxygen atoms in total. The molecular weight excluding hydrogens is 358 g/mol.